The standard InChI is InChI=1S/C12H12F2O/c1-9(8-12(13,14)10(2)15)11-6-4-3-5-7-11/h3-7H,1,8H2,2H3. The van der Waals surface area contributed by atoms with Crippen molar-refractivity contribution >= 4 is 11.4 Å². The number of halogens is 2. The molecule has 15 heavy (non-hydrogen) atoms. The lowest BCUT2D eigenvalue weighted by atomic mass is 9.99. The van der Waals surface area contributed by atoms with Gasteiger partial charge in [0.15, 0.2) is 5.78 Å². The van der Waals surface area contributed by atoms with Gasteiger partial charge in [0, 0.05) is 13.3 Å². The van der Waals surface area contributed by atoms with E-state index in [0.717, 1.165) is 6.92 Å². The molecule has 1 nitrogen and oxygen atoms in total. The van der Waals surface area contributed by atoms with Crippen LogP contribution in [-0.4, -0.2) is 11.7 Å². The number of carbonyl (C=O) groups excluding carboxylic acids is 1. The molecule has 0 aliphatic rings. The maximum absolute atomic E-state index is 13.1. The van der Waals surface area contributed by atoms with E-state index in [1.165, 1.54) is 0 Å². The third-order valence-corrected chi connectivity index (χ3v) is 2.13. The molecule has 0 aliphatic carbocycles. The number of carbonyl (C=O) groups is 1. The van der Waals surface area contributed by atoms with Crippen molar-refractivity contribution in [3.8, 4) is 0 Å². The second-order valence-corrected chi connectivity index (χ2v) is 3.41. The molecule has 0 N–H and O–H groups in total. The van der Waals surface area contributed by atoms with Crippen LogP contribution >= 0.6 is 0 Å². The fourth-order valence-corrected chi connectivity index (χ4v) is 1.17. The van der Waals surface area contributed by atoms with Gasteiger partial charge < -0.3 is 0 Å². The zero-order chi connectivity index (χ0) is 11.5. The van der Waals surface area contributed by atoms with Crippen LogP contribution in [0.5, 0.6) is 0 Å². The lowest BCUT2D eigenvalue weighted by Crippen LogP contribution is -2.25. The summed E-state index contributed by atoms with van der Waals surface area (Å²) in [4.78, 5) is 10.6. The van der Waals surface area contributed by atoms with Crippen molar-refractivity contribution in [1.82, 2.24) is 0 Å². The molecule has 0 saturated heterocycles. The quantitative estimate of drug-likeness (QED) is 0.745. The minimum Gasteiger partial charge on any atom is -0.293 e. The highest BCUT2D eigenvalue weighted by Gasteiger charge is 2.35. The van der Waals surface area contributed by atoms with Crippen LogP contribution in [0.1, 0.15) is 18.9 Å². The summed E-state index contributed by atoms with van der Waals surface area (Å²) in [6.07, 6.45) is -0.619. The molecule has 0 bridgehead atoms. The Kier molecular flexibility index (Phi) is 3.35. The number of alkyl halides is 2. The summed E-state index contributed by atoms with van der Waals surface area (Å²) >= 11 is 0. The van der Waals surface area contributed by atoms with Crippen molar-refractivity contribution in [2.75, 3.05) is 0 Å². The predicted molar refractivity (Wildman–Crippen MR) is 55.7 cm³/mol. The molecular weight excluding hydrogens is 198 g/mol. The summed E-state index contributed by atoms with van der Waals surface area (Å²) < 4.78 is 26.1. The molecule has 1 rings (SSSR count). The van der Waals surface area contributed by atoms with Crippen molar-refractivity contribution in [2.45, 2.75) is 19.3 Å². The Morgan fingerprint density at radius 3 is 2.33 bits per heavy atom. The fourth-order valence-electron chi connectivity index (χ4n) is 1.17. The topological polar surface area (TPSA) is 17.1 Å². The maximum Gasteiger partial charge on any atom is 0.308 e. The van der Waals surface area contributed by atoms with Gasteiger partial charge in [0.05, 0.1) is 0 Å². The zero-order valence-electron chi connectivity index (χ0n) is 8.47. The van der Waals surface area contributed by atoms with Crippen LogP contribution in [0.15, 0.2) is 36.9 Å². The van der Waals surface area contributed by atoms with Crippen LogP contribution < -0.4 is 0 Å². The van der Waals surface area contributed by atoms with Crippen molar-refractivity contribution < 1.29 is 13.6 Å². The predicted octanol–water partition coefficient (Wildman–Crippen LogP) is 3.31. The highest BCUT2D eigenvalue weighted by atomic mass is 19.3. The molecule has 0 aromatic heterocycles. The molecule has 0 heterocycles. The van der Waals surface area contributed by atoms with Crippen molar-refractivity contribution in [2.24, 2.45) is 0 Å². The number of Topliss-reactive ketones (excluding diaryl/α,β-unsaturated/α-hetero) is 1. The van der Waals surface area contributed by atoms with E-state index in [9.17, 15) is 13.6 Å². The molecule has 0 radical (unpaired) electrons. The molecule has 0 atom stereocenters. The van der Waals surface area contributed by atoms with E-state index in [1.54, 1.807) is 30.3 Å². The fraction of sp³-hybridized carbons (Fsp3) is 0.250. The van der Waals surface area contributed by atoms with E-state index in [1.807, 2.05) is 0 Å². The third kappa shape index (κ3) is 2.98. The molecule has 0 spiro atoms. The van der Waals surface area contributed by atoms with Crippen molar-refractivity contribution in [1.29, 1.82) is 0 Å². The first-order valence-corrected chi connectivity index (χ1v) is 4.55. The minimum atomic E-state index is -3.31. The van der Waals surface area contributed by atoms with Gasteiger partial charge in [0.2, 0.25) is 0 Å². The Balaban J connectivity index is 2.77. The Hall–Kier alpha value is -1.51. The van der Waals surface area contributed by atoms with Gasteiger partial charge >= 0.3 is 5.92 Å². The van der Waals surface area contributed by atoms with Gasteiger partial charge in [-0.2, -0.15) is 8.78 Å². The summed E-state index contributed by atoms with van der Waals surface area (Å²) in [6, 6.07) is 8.66. The number of hydrogen-bond acceptors (Lipinski definition) is 1. The molecule has 1 aromatic carbocycles. The second-order valence-electron chi connectivity index (χ2n) is 3.41. The number of benzene rings is 1. The normalized spacial score (nSPS) is 11.1. The van der Waals surface area contributed by atoms with Crippen molar-refractivity contribution in [3.63, 3.8) is 0 Å². The SMILES string of the molecule is C=C(CC(F)(F)C(C)=O)c1ccccc1. The average molecular weight is 210 g/mol. The van der Waals surface area contributed by atoms with Gasteiger partial charge in [-0.25, -0.2) is 0 Å². The second kappa shape index (κ2) is 4.34. The Morgan fingerprint density at radius 1 is 1.33 bits per heavy atom. The van der Waals surface area contributed by atoms with Gasteiger partial charge in [0.25, 0.3) is 0 Å². The molecule has 0 aliphatic heterocycles. The molecule has 1 aromatic rings. The van der Waals surface area contributed by atoms with E-state index in [0.29, 0.717) is 5.56 Å². The van der Waals surface area contributed by atoms with Gasteiger partial charge in [0.1, 0.15) is 0 Å². The maximum atomic E-state index is 13.1. The van der Waals surface area contributed by atoms with Gasteiger partial charge in [-0.1, -0.05) is 36.9 Å². The van der Waals surface area contributed by atoms with Crippen LogP contribution in [0.4, 0.5) is 8.78 Å². The van der Waals surface area contributed by atoms with Crippen LogP contribution in [0.3, 0.4) is 0 Å². The Labute approximate surface area is 87.4 Å². The average Bonchev–Trinajstić information content (AvgIpc) is 2.18. The number of rotatable bonds is 4. The molecule has 0 amide bonds. The smallest absolute Gasteiger partial charge is 0.293 e. The molecular formula is C12H12F2O. The van der Waals surface area contributed by atoms with Crippen LogP contribution in [0.2, 0.25) is 0 Å². The molecule has 0 unspecified atom stereocenters. The zero-order valence-corrected chi connectivity index (χ0v) is 8.47. The molecule has 80 valence electrons. The van der Waals surface area contributed by atoms with E-state index in [4.69, 9.17) is 0 Å². The lowest BCUT2D eigenvalue weighted by molar-refractivity contribution is -0.139. The van der Waals surface area contributed by atoms with Crippen molar-refractivity contribution in [3.05, 3.63) is 42.5 Å². The first kappa shape index (κ1) is 11.6. The van der Waals surface area contributed by atoms with Crippen LogP contribution in [0, 0.1) is 0 Å². The van der Waals surface area contributed by atoms with E-state index in [2.05, 4.69) is 6.58 Å². The van der Waals surface area contributed by atoms with Crippen LogP contribution in [0.25, 0.3) is 5.57 Å². The van der Waals surface area contributed by atoms with Crippen LogP contribution in [-0.2, 0) is 4.79 Å². The van der Waals surface area contributed by atoms with E-state index >= 15 is 0 Å². The molecule has 0 fully saturated rings. The summed E-state index contributed by atoms with van der Waals surface area (Å²) in [5, 5.41) is 0. The van der Waals surface area contributed by atoms with Gasteiger partial charge in [-0.3, -0.25) is 4.79 Å². The lowest BCUT2D eigenvalue weighted by Gasteiger charge is -2.14. The van der Waals surface area contributed by atoms with Gasteiger partial charge in [-0.05, 0) is 11.1 Å². The first-order chi connectivity index (χ1) is 6.93. The summed E-state index contributed by atoms with van der Waals surface area (Å²) in [7, 11) is 0. The molecule has 0 saturated carbocycles. The van der Waals surface area contributed by atoms with E-state index < -0.39 is 18.1 Å². The monoisotopic (exact) mass is 210 g/mol. The highest BCUT2D eigenvalue weighted by Crippen LogP contribution is 2.28. The van der Waals surface area contributed by atoms with E-state index in [-0.39, 0.29) is 5.57 Å². The summed E-state index contributed by atoms with van der Waals surface area (Å²) in [6.45, 7) is 4.45. The summed E-state index contributed by atoms with van der Waals surface area (Å²) in [5.41, 5.74) is 0.911. The largest absolute Gasteiger partial charge is 0.308 e. The minimum absolute atomic E-state index is 0.274. The Bertz CT molecular complexity index is 368. The number of hydrogen-bond donors (Lipinski definition) is 0. The first-order valence-electron chi connectivity index (χ1n) is 4.55. The summed E-state index contributed by atoms with van der Waals surface area (Å²) in [5.74, 6) is -4.44. The molecule has 3 heteroatoms. The number of allylic oxidation sites excluding steroid dienone is 1. The van der Waals surface area contributed by atoms with Gasteiger partial charge in [-0.15, -0.1) is 0 Å². The number of ketones is 1. The third-order valence-electron chi connectivity index (χ3n) is 2.13. The highest BCUT2D eigenvalue weighted by molar-refractivity contribution is 5.85. The Morgan fingerprint density at radius 2 is 1.87 bits per heavy atom.